The standard InChI is InChI=1S/C29H29N5O4S/c1-29(2)26(35)21-16-20(10-11-24(21)39(29,36)37)32-27-25-23(34(33-27)22(12-14-30)19-8-9-19)13-15-31-28(25)38-17-18-6-4-3-5-7-18/h3-7,10-11,13,15-16,19,22,26,35H,8-9,12,17H2,1-2H3,(H,32,33)/t22-,26?/m0/s1. The fraction of sp³-hybridized carbons (Fsp3) is 0.345. The largest absolute Gasteiger partial charge is 0.472 e. The molecule has 0 radical (unpaired) electrons. The number of benzene rings is 2. The quantitative estimate of drug-likeness (QED) is 0.309. The van der Waals surface area contributed by atoms with Crippen molar-refractivity contribution >= 4 is 32.2 Å². The highest BCUT2D eigenvalue weighted by atomic mass is 32.2. The molecular formula is C29H29N5O4S. The van der Waals surface area contributed by atoms with E-state index in [1.165, 1.54) is 19.9 Å². The summed E-state index contributed by atoms with van der Waals surface area (Å²) in [6.45, 7) is 3.38. The third-order valence-corrected chi connectivity index (χ3v) is 10.4. The maximum atomic E-state index is 13.0. The third-order valence-electron chi connectivity index (χ3n) is 7.79. The minimum absolute atomic E-state index is 0.0785. The van der Waals surface area contributed by atoms with Crippen LogP contribution in [-0.2, 0) is 16.4 Å². The predicted octanol–water partition coefficient (Wildman–Crippen LogP) is 5.22. The summed E-state index contributed by atoms with van der Waals surface area (Å²) in [6.07, 6.45) is 2.95. The van der Waals surface area contributed by atoms with Crippen LogP contribution in [0.4, 0.5) is 11.5 Å². The Morgan fingerprint density at radius 3 is 2.69 bits per heavy atom. The molecule has 0 bridgehead atoms. The van der Waals surface area contributed by atoms with Crippen molar-refractivity contribution in [3.8, 4) is 11.9 Å². The van der Waals surface area contributed by atoms with Crippen LogP contribution in [0.25, 0.3) is 10.9 Å². The molecule has 2 aliphatic rings. The number of ether oxygens (including phenoxy) is 1. The lowest BCUT2D eigenvalue weighted by atomic mass is 9.98. The van der Waals surface area contributed by atoms with Gasteiger partial charge in [-0.2, -0.15) is 10.4 Å². The van der Waals surface area contributed by atoms with E-state index < -0.39 is 20.7 Å². The Morgan fingerprint density at radius 2 is 1.97 bits per heavy atom. The molecule has 3 heterocycles. The van der Waals surface area contributed by atoms with Gasteiger partial charge in [-0.25, -0.2) is 13.4 Å². The fourth-order valence-electron chi connectivity index (χ4n) is 5.29. The molecule has 1 saturated carbocycles. The Bertz CT molecular complexity index is 1710. The molecule has 39 heavy (non-hydrogen) atoms. The first-order valence-electron chi connectivity index (χ1n) is 13.0. The Morgan fingerprint density at radius 1 is 1.21 bits per heavy atom. The topological polar surface area (TPSA) is 130 Å². The van der Waals surface area contributed by atoms with Gasteiger partial charge >= 0.3 is 0 Å². The van der Waals surface area contributed by atoms with Crippen molar-refractivity contribution in [3.05, 3.63) is 71.9 Å². The molecule has 200 valence electrons. The van der Waals surface area contributed by atoms with E-state index in [-0.39, 0.29) is 10.9 Å². The predicted molar refractivity (Wildman–Crippen MR) is 146 cm³/mol. The molecule has 0 saturated heterocycles. The number of aliphatic hydroxyl groups is 1. The molecule has 1 fully saturated rings. The van der Waals surface area contributed by atoms with Crippen LogP contribution < -0.4 is 10.1 Å². The van der Waals surface area contributed by atoms with Gasteiger partial charge in [0.2, 0.25) is 5.88 Å². The van der Waals surface area contributed by atoms with Crippen LogP contribution in [-0.4, -0.2) is 33.0 Å². The van der Waals surface area contributed by atoms with Crippen LogP contribution >= 0.6 is 0 Å². The highest BCUT2D eigenvalue weighted by Crippen LogP contribution is 2.48. The molecule has 6 rings (SSSR count). The lowest BCUT2D eigenvalue weighted by Crippen LogP contribution is -2.32. The highest BCUT2D eigenvalue weighted by molar-refractivity contribution is 7.93. The number of rotatable bonds is 8. The average molecular weight is 544 g/mol. The summed E-state index contributed by atoms with van der Waals surface area (Å²) in [5, 5.41) is 29.3. The summed E-state index contributed by atoms with van der Waals surface area (Å²) in [4.78, 5) is 4.65. The second-order valence-corrected chi connectivity index (χ2v) is 13.2. The Balaban J connectivity index is 1.43. The zero-order chi connectivity index (χ0) is 27.4. The number of anilines is 2. The molecule has 1 aliphatic carbocycles. The number of aromatic nitrogens is 3. The van der Waals surface area contributed by atoms with Gasteiger partial charge < -0.3 is 15.2 Å². The van der Waals surface area contributed by atoms with Gasteiger partial charge in [0.05, 0.1) is 35.0 Å². The second kappa shape index (κ2) is 9.36. The molecule has 2 atom stereocenters. The summed E-state index contributed by atoms with van der Waals surface area (Å²) in [7, 11) is -3.67. The maximum Gasteiger partial charge on any atom is 0.227 e. The number of sulfone groups is 1. The first kappa shape index (κ1) is 25.3. The van der Waals surface area contributed by atoms with Gasteiger partial charge in [0.25, 0.3) is 0 Å². The van der Waals surface area contributed by atoms with E-state index >= 15 is 0 Å². The van der Waals surface area contributed by atoms with Gasteiger partial charge in [-0.1, -0.05) is 30.3 Å². The minimum atomic E-state index is -3.67. The zero-order valence-electron chi connectivity index (χ0n) is 21.7. The van der Waals surface area contributed by atoms with Gasteiger partial charge in [0.15, 0.2) is 15.7 Å². The van der Waals surface area contributed by atoms with E-state index in [0.29, 0.717) is 47.3 Å². The molecule has 1 unspecified atom stereocenters. The molecule has 10 heteroatoms. The van der Waals surface area contributed by atoms with E-state index in [0.717, 1.165) is 23.9 Å². The molecular weight excluding hydrogens is 514 g/mol. The van der Waals surface area contributed by atoms with E-state index in [9.17, 15) is 18.8 Å². The minimum Gasteiger partial charge on any atom is -0.472 e. The van der Waals surface area contributed by atoms with Gasteiger partial charge in [0, 0.05) is 17.4 Å². The lowest BCUT2D eigenvalue weighted by molar-refractivity contribution is 0.144. The van der Waals surface area contributed by atoms with Crippen molar-refractivity contribution in [2.75, 3.05) is 5.32 Å². The number of nitriles is 1. The molecule has 1 aliphatic heterocycles. The summed E-state index contributed by atoms with van der Waals surface area (Å²) in [5.41, 5.74) is 2.73. The van der Waals surface area contributed by atoms with Gasteiger partial charge in [0.1, 0.15) is 16.7 Å². The van der Waals surface area contributed by atoms with E-state index in [4.69, 9.17) is 9.84 Å². The first-order valence-corrected chi connectivity index (χ1v) is 14.4. The number of aliphatic hydroxyl groups excluding tert-OH is 1. The average Bonchev–Trinajstić information content (AvgIpc) is 3.70. The number of hydrogen-bond acceptors (Lipinski definition) is 8. The van der Waals surface area contributed by atoms with Crippen LogP contribution in [0, 0.1) is 17.2 Å². The Kier molecular flexibility index (Phi) is 6.08. The lowest BCUT2D eigenvalue weighted by Gasteiger charge is -2.21. The maximum absolute atomic E-state index is 13.0. The summed E-state index contributed by atoms with van der Waals surface area (Å²) < 4.78 is 32.7. The van der Waals surface area contributed by atoms with Crippen molar-refractivity contribution in [1.82, 2.24) is 14.8 Å². The number of nitrogens with zero attached hydrogens (tertiary/aromatic N) is 4. The summed E-state index contributed by atoms with van der Waals surface area (Å²) >= 11 is 0. The van der Waals surface area contributed by atoms with Crippen LogP contribution in [0.5, 0.6) is 5.88 Å². The molecule has 2 N–H and O–H groups in total. The van der Waals surface area contributed by atoms with E-state index in [1.807, 2.05) is 41.1 Å². The smallest absolute Gasteiger partial charge is 0.227 e. The van der Waals surface area contributed by atoms with Crippen molar-refractivity contribution in [3.63, 3.8) is 0 Å². The Labute approximate surface area is 227 Å². The molecule has 0 spiro atoms. The monoisotopic (exact) mass is 543 g/mol. The van der Waals surface area contributed by atoms with Gasteiger partial charge in [-0.15, -0.1) is 0 Å². The fourth-order valence-corrected chi connectivity index (χ4v) is 7.00. The first-order chi connectivity index (χ1) is 18.7. The summed E-state index contributed by atoms with van der Waals surface area (Å²) in [6, 6.07) is 18.8. The van der Waals surface area contributed by atoms with Crippen LogP contribution in [0.3, 0.4) is 0 Å². The van der Waals surface area contributed by atoms with Gasteiger partial charge in [-0.05, 0) is 62.4 Å². The molecule has 4 aromatic rings. The number of pyridine rings is 1. The van der Waals surface area contributed by atoms with Crippen molar-refractivity contribution in [1.29, 1.82) is 5.26 Å². The normalized spacial score (nSPS) is 19.8. The molecule has 2 aromatic heterocycles. The van der Waals surface area contributed by atoms with Crippen LogP contribution in [0.2, 0.25) is 0 Å². The van der Waals surface area contributed by atoms with Gasteiger partial charge in [-0.3, -0.25) is 4.68 Å². The Hall–Kier alpha value is -3.94. The molecule has 2 aromatic carbocycles. The molecule has 0 amide bonds. The van der Waals surface area contributed by atoms with E-state index in [2.05, 4.69) is 16.4 Å². The van der Waals surface area contributed by atoms with Crippen LogP contribution in [0.1, 0.15) is 56.4 Å². The SMILES string of the molecule is CC1(C)C(O)c2cc(Nc3nn([C@@H](CC#N)C4CC4)c4ccnc(OCc5ccccc5)c34)ccc2S1(=O)=O. The van der Waals surface area contributed by atoms with Crippen molar-refractivity contribution in [2.24, 2.45) is 5.92 Å². The van der Waals surface area contributed by atoms with Crippen molar-refractivity contribution in [2.45, 2.75) is 61.5 Å². The molecule has 9 nitrogen and oxygen atoms in total. The third kappa shape index (κ3) is 4.22. The van der Waals surface area contributed by atoms with E-state index in [1.54, 1.807) is 18.3 Å². The van der Waals surface area contributed by atoms with Crippen molar-refractivity contribution < 1.29 is 18.3 Å². The second-order valence-electron chi connectivity index (χ2n) is 10.7. The number of hydrogen-bond donors (Lipinski definition) is 2. The van der Waals surface area contributed by atoms with Crippen LogP contribution in [0.15, 0.2) is 65.7 Å². The highest BCUT2D eigenvalue weighted by Gasteiger charge is 2.51. The zero-order valence-corrected chi connectivity index (χ0v) is 22.5. The number of fused-ring (bicyclic) bond motifs is 2. The summed E-state index contributed by atoms with van der Waals surface area (Å²) in [5.74, 6) is 1.27. The number of nitrogens with one attached hydrogen (secondary N) is 1.